The second-order valence-electron chi connectivity index (χ2n) is 8.80. The molecule has 1 saturated carbocycles. The van der Waals surface area contributed by atoms with Crippen molar-refractivity contribution in [2.24, 2.45) is 0 Å². The number of likely N-dealkylation sites (tertiary alicyclic amines) is 1. The van der Waals surface area contributed by atoms with E-state index in [0.29, 0.717) is 25.1 Å². The second-order valence-corrected chi connectivity index (χ2v) is 8.80. The molecule has 1 unspecified atom stereocenters. The van der Waals surface area contributed by atoms with Crippen LogP contribution >= 0.6 is 0 Å². The smallest absolute Gasteiger partial charge is 0.410 e. The summed E-state index contributed by atoms with van der Waals surface area (Å²) in [6.45, 7) is 4.93. The number of ether oxygens (including phenoxy) is 4. The van der Waals surface area contributed by atoms with Gasteiger partial charge in [0.05, 0.1) is 18.1 Å². The van der Waals surface area contributed by atoms with Crippen LogP contribution in [0.3, 0.4) is 0 Å². The van der Waals surface area contributed by atoms with Crippen molar-refractivity contribution < 1.29 is 38.1 Å². The summed E-state index contributed by atoms with van der Waals surface area (Å²) >= 11 is 0. The molecule has 0 radical (unpaired) electrons. The van der Waals surface area contributed by atoms with Crippen molar-refractivity contribution in [2.45, 2.75) is 69.6 Å². The van der Waals surface area contributed by atoms with Crippen molar-refractivity contribution >= 4 is 23.8 Å². The maximum Gasteiger partial charge on any atom is 0.410 e. The number of amides is 1. The Balaban J connectivity index is 1.76. The lowest BCUT2D eigenvalue weighted by Crippen LogP contribution is -2.78. The van der Waals surface area contributed by atoms with E-state index < -0.39 is 41.2 Å². The molecule has 0 aromatic heterocycles. The summed E-state index contributed by atoms with van der Waals surface area (Å²) in [6, 6.07) is 2.98. The SMILES string of the molecule is CCOC(=O)N1CC[C@]23c4c5ccc(OC(C)=O)c4O[C@H]2C(=O)CC[C@@]3(OC(C)=O)C1C5. The highest BCUT2D eigenvalue weighted by atomic mass is 16.6. The molecule has 170 valence electrons. The van der Waals surface area contributed by atoms with Crippen LogP contribution in [0.1, 0.15) is 51.2 Å². The number of hydrogen-bond acceptors (Lipinski definition) is 8. The van der Waals surface area contributed by atoms with Gasteiger partial charge in [0.25, 0.3) is 0 Å². The zero-order valence-corrected chi connectivity index (χ0v) is 18.3. The van der Waals surface area contributed by atoms with Gasteiger partial charge in [-0.2, -0.15) is 0 Å². The summed E-state index contributed by atoms with van der Waals surface area (Å²) < 4.78 is 23.0. The van der Waals surface area contributed by atoms with Crippen molar-refractivity contribution in [3.05, 3.63) is 23.3 Å². The molecule has 2 aliphatic carbocycles. The maximum atomic E-state index is 13.1. The molecule has 2 aliphatic heterocycles. The Morgan fingerprint density at radius 3 is 2.66 bits per heavy atom. The summed E-state index contributed by atoms with van der Waals surface area (Å²) in [6.07, 6.45) is -0.155. The Bertz CT molecular complexity index is 1050. The van der Waals surface area contributed by atoms with E-state index in [9.17, 15) is 19.2 Å². The van der Waals surface area contributed by atoms with Crippen molar-refractivity contribution in [3.8, 4) is 11.5 Å². The van der Waals surface area contributed by atoms with Gasteiger partial charge in [0.2, 0.25) is 0 Å². The number of carbonyl (C=O) groups is 4. The van der Waals surface area contributed by atoms with E-state index in [1.165, 1.54) is 13.8 Å². The predicted molar refractivity (Wildman–Crippen MR) is 108 cm³/mol. The van der Waals surface area contributed by atoms with Gasteiger partial charge in [0.1, 0.15) is 5.60 Å². The van der Waals surface area contributed by atoms with Gasteiger partial charge in [0, 0.05) is 32.4 Å². The van der Waals surface area contributed by atoms with Crippen molar-refractivity contribution in [2.75, 3.05) is 13.2 Å². The predicted octanol–water partition coefficient (Wildman–Crippen LogP) is 2.06. The fraction of sp³-hybridized carbons (Fsp3) is 0.565. The first-order valence-corrected chi connectivity index (χ1v) is 10.9. The van der Waals surface area contributed by atoms with Crippen LogP contribution < -0.4 is 9.47 Å². The lowest BCUT2D eigenvalue weighted by atomic mass is 9.49. The first kappa shape index (κ1) is 20.8. The molecule has 1 amide bonds. The van der Waals surface area contributed by atoms with E-state index in [-0.39, 0.29) is 31.0 Å². The summed E-state index contributed by atoms with van der Waals surface area (Å²) in [5.41, 5.74) is -0.457. The van der Waals surface area contributed by atoms with E-state index in [4.69, 9.17) is 18.9 Å². The molecule has 2 heterocycles. The molecule has 1 aromatic carbocycles. The quantitative estimate of drug-likeness (QED) is 0.516. The number of piperidine rings is 1. The number of benzene rings is 1. The highest BCUT2D eigenvalue weighted by Crippen LogP contribution is 2.66. The lowest BCUT2D eigenvalue weighted by molar-refractivity contribution is -0.210. The maximum absolute atomic E-state index is 13.1. The van der Waals surface area contributed by atoms with Gasteiger partial charge < -0.3 is 23.8 Å². The first-order chi connectivity index (χ1) is 15.2. The molecule has 9 heteroatoms. The number of esters is 2. The second kappa shape index (κ2) is 6.95. The summed E-state index contributed by atoms with van der Waals surface area (Å²) in [5.74, 6) is -0.468. The van der Waals surface area contributed by atoms with Crippen molar-refractivity contribution in [1.82, 2.24) is 4.90 Å². The molecule has 1 aromatic rings. The van der Waals surface area contributed by atoms with Crippen LogP contribution in [-0.2, 0) is 35.7 Å². The zero-order valence-electron chi connectivity index (χ0n) is 18.3. The van der Waals surface area contributed by atoms with Gasteiger partial charge in [0.15, 0.2) is 23.4 Å². The van der Waals surface area contributed by atoms with Gasteiger partial charge in [-0.3, -0.25) is 14.4 Å². The van der Waals surface area contributed by atoms with Crippen LogP contribution in [0.15, 0.2) is 12.1 Å². The number of carbonyl (C=O) groups excluding carboxylic acids is 4. The van der Waals surface area contributed by atoms with Crippen molar-refractivity contribution in [3.63, 3.8) is 0 Å². The molecule has 4 aliphatic rings. The van der Waals surface area contributed by atoms with Crippen LogP contribution in [0.5, 0.6) is 11.5 Å². The minimum absolute atomic E-state index is 0.0889. The fourth-order valence-electron chi connectivity index (χ4n) is 6.41. The molecular weight excluding hydrogens is 418 g/mol. The van der Waals surface area contributed by atoms with Crippen LogP contribution in [0, 0.1) is 0 Å². The Kier molecular flexibility index (Phi) is 4.51. The van der Waals surface area contributed by atoms with Gasteiger partial charge in [-0.15, -0.1) is 0 Å². The normalized spacial score (nSPS) is 31.3. The Hall–Kier alpha value is -3.10. The minimum atomic E-state index is -1.14. The van der Waals surface area contributed by atoms with Crippen molar-refractivity contribution in [1.29, 1.82) is 0 Å². The van der Waals surface area contributed by atoms with Crippen LogP contribution in [0.25, 0.3) is 0 Å². The summed E-state index contributed by atoms with van der Waals surface area (Å²) in [5, 5.41) is 0. The Labute approximate surface area is 184 Å². The third kappa shape index (κ3) is 2.50. The fourth-order valence-corrected chi connectivity index (χ4v) is 6.41. The molecule has 32 heavy (non-hydrogen) atoms. The highest BCUT2D eigenvalue weighted by Gasteiger charge is 2.76. The average molecular weight is 443 g/mol. The van der Waals surface area contributed by atoms with E-state index in [2.05, 4.69) is 0 Å². The van der Waals surface area contributed by atoms with Gasteiger partial charge >= 0.3 is 18.0 Å². The van der Waals surface area contributed by atoms with E-state index in [0.717, 1.165) is 11.1 Å². The Morgan fingerprint density at radius 1 is 1.19 bits per heavy atom. The monoisotopic (exact) mass is 443 g/mol. The van der Waals surface area contributed by atoms with Gasteiger partial charge in [-0.25, -0.2) is 4.79 Å². The average Bonchev–Trinajstić information content (AvgIpc) is 3.07. The van der Waals surface area contributed by atoms with E-state index >= 15 is 0 Å². The molecule has 9 nitrogen and oxygen atoms in total. The number of ketones is 1. The lowest BCUT2D eigenvalue weighted by Gasteiger charge is -2.63. The molecule has 0 N–H and O–H groups in total. The van der Waals surface area contributed by atoms with Crippen LogP contribution in [-0.4, -0.2) is 59.6 Å². The third-order valence-electron chi connectivity index (χ3n) is 7.28. The molecule has 4 atom stereocenters. The number of Topliss-reactive ketones (excluding diaryl/α,β-unsaturated/α-hetero) is 1. The highest BCUT2D eigenvalue weighted by molar-refractivity contribution is 5.91. The number of hydrogen-bond donors (Lipinski definition) is 0. The number of rotatable bonds is 3. The summed E-state index contributed by atoms with van der Waals surface area (Å²) in [4.78, 5) is 51.7. The zero-order chi connectivity index (χ0) is 22.8. The van der Waals surface area contributed by atoms with E-state index in [1.54, 1.807) is 17.9 Å². The molecule has 2 bridgehead atoms. The first-order valence-electron chi connectivity index (χ1n) is 10.9. The topological polar surface area (TPSA) is 108 Å². The van der Waals surface area contributed by atoms with Gasteiger partial charge in [-0.05, 0) is 37.8 Å². The minimum Gasteiger partial charge on any atom is -0.477 e. The largest absolute Gasteiger partial charge is 0.477 e. The molecule has 2 fully saturated rings. The Morgan fingerprint density at radius 2 is 1.97 bits per heavy atom. The van der Waals surface area contributed by atoms with E-state index in [1.807, 2.05) is 6.07 Å². The molecular formula is C23H25NO8. The summed E-state index contributed by atoms with van der Waals surface area (Å²) in [7, 11) is 0. The van der Waals surface area contributed by atoms with Crippen LogP contribution in [0.2, 0.25) is 0 Å². The number of nitrogens with zero attached hydrogens (tertiary/aromatic N) is 1. The van der Waals surface area contributed by atoms with Gasteiger partial charge in [-0.1, -0.05) is 6.07 Å². The molecule has 1 saturated heterocycles. The third-order valence-corrected chi connectivity index (χ3v) is 7.28. The molecule has 5 rings (SSSR count). The van der Waals surface area contributed by atoms with Crippen LogP contribution in [0.4, 0.5) is 4.79 Å². The standard InChI is InChI=1S/C23H25NO8/c1-4-29-21(28)24-10-9-22-18-14-5-6-16(30-12(2)25)19(18)31-20(22)15(27)7-8-23(22,17(24)11-14)32-13(3)26/h5-6,17,20H,4,7-11H2,1-3H3/t17?,20-,22-,23+/m0/s1. The molecule has 1 spiro atoms.